The van der Waals surface area contributed by atoms with E-state index in [4.69, 9.17) is 5.73 Å². The fraction of sp³-hybridized carbons (Fsp3) is 0. The van der Waals surface area contributed by atoms with E-state index in [0.29, 0.717) is 11.5 Å². The predicted molar refractivity (Wildman–Crippen MR) is 47.5 cm³/mol. The minimum Gasteiger partial charge on any atom is -0.380 e. The van der Waals surface area contributed by atoms with Crippen LogP contribution in [0.4, 0.5) is 5.82 Å². The molecule has 0 spiro atoms. The van der Waals surface area contributed by atoms with Gasteiger partial charge in [-0.25, -0.2) is 0 Å². The van der Waals surface area contributed by atoms with Gasteiger partial charge in [-0.2, -0.15) is 0 Å². The largest absolute Gasteiger partial charge is 0.380 e. The predicted octanol–water partition coefficient (Wildman–Crippen LogP) is 0.516. The van der Waals surface area contributed by atoms with Crippen molar-refractivity contribution >= 4 is 5.82 Å². The van der Waals surface area contributed by atoms with Crippen LogP contribution in [0.3, 0.4) is 0 Å². The third kappa shape index (κ3) is 1.44. The summed E-state index contributed by atoms with van der Waals surface area (Å²) in [6.45, 7) is 0. The minimum absolute atomic E-state index is 0.293. The summed E-state index contributed by atoms with van der Waals surface area (Å²) in [5.74, 6) is 0.293. The van der Waals surface area contributed by atoms with E-state index < -0.39 is 0 Å². The Hall–Kier alpha value is -2.04. The van der Waals surface area contributed by atoms with E-state index in [2.05, 4.69) is 20.6 Å². The van der Waals surface area contributed by atoms with E-state index in [9.17, 15) is 0 Å². The minimum atomic E-state index is 0.293. The number of nitrogens with two attached hydrogens (primary N) is 1. The van der Waals surface area contributed by atoms with Gasteiger partial charge in [0.1, 0.15) is 5.69 Å². The molecule has 2 rings (SSSR count). The van der Waals surface area contributed by atoms with E-state index in [1.807, 2.05) is 30.3 Å². The fourth-order valence-corrected chi connectivity index (χ4v) is 1.03. The van der Waals surface area contributed by atoms with Crippen molar-refractivity contribution in [1.29, 1.82) is 0 Å². The van der Waals surface area contributed by atoms with E-state index in [0.717, 1.165) is 5.56 Å². The van der Waals surface area contributed by atoms with Gasteiger partial charge >= 0.3 is 0 Å². The van der Waals surface area contributed by atoms with Gasteiger partial charge in [0, 0.05) is 5.56 Å². The van der Waals surface area contributed by atoms with Crippen LogP contribution in [0.25, 0.3) is 11.3 Å². The molecular weight excluding hydrogens is 166 g/mol. The molecule has 0 radical (unpaired) electrons. The highest BCUT2D eigenvalue weighted by Crippen LogP contribution is 2.18. The topological polar surface area (TPSA) is 77.6 Å². The molecule has 0 aliphatic heterocycles. The molecule has 0 amide bonds. The monoisotopic (exact) mass is 173 g/mol. The van der Waals surface area contributed by atoms with Crippen LogP contribution in [-0.4, -0.2) is 20.6 Å². The number of hydrogen-bond donors (Lipinski definition) is 1. The number of hydrogen-bond acceptors (Lipinski definition) is 5. The highest BCUT2D eigenvalue weighted by Gasteiger charge is 2.04. The lowest BCUT2D eigenvalue weighted by Gasteiger charge is -1.99. The molecule has 0 atom stereocenters. The summed E-state index contributed by atoms with van der Waals surface area (Å²) < 4.78 is 0. The van der Waals surface area contributed by atoms with Gasteiger partial charge in [-0.3, -0.25) is 0 Å². The molecular formula is C8H7N5. The van der Waals surface area contributed by atoms with Gasteiger partial charge in [0.05, 0.1) is 0 Å². The van der Waals surface area contributed by atoms with Crippen LogP contribution in [0.2, 0.25) is 0 Å². The molecule has 0 fully saturated rings. The SMILES string of the molecule is Nc1nnnnc1-c1ccccc1. The summed E-state index contributed by atoms with van der Waals surface area (Å²) in [5, 5.41) is 14.2. The van der Waals surface area contributed by atoms with Crippen molar-refractivity contribution in [2.75, 3.05) is 5.73 Å². The van der Waals surface area contributed by atoms with Crippen molar-refractivity contribution in [2.45, 2.75) is 0 Å². The second-order valence-electron chi connectivity index (χ2n) is 2.48. The fourth-order valence-electron chi connectivity index (χ4n) is 1.03. The lowest BCUT2D eigenvalue weighted by Crippen LogP contribution is -2.01. The Kier molecular flexibility index (Phi) is 1.84. The van der Waals surface area contributed by atoms with Crippen LogP contribution in [-0.2, 0) is 0 Å². The van der Waals surface area contributed by atoms with Crippen molar-refractivity contribution in [3.05, 3.63) is 30.3 Å². The van der Waals surface area contributed by atoms with Crippen molar-refractivity contribution in [3.63, 3.8) is 0 Å². The summed E-state index contributed by atoms with van der Waals surface area (Å²) in [6.07, 6.45) is 0. The molecule has 0 aliphatic rings. The molecule has 64 valence electrons. The number of nitrogens with zero attached hydrogens (tertiary/aromatic N) is 4. The Morgan fingerprint density at radius 1 is 0.923 bits per heavy atom. The zero-order chi connectivity index (χ0) is 9.10. The van der Waals surface area contributed by atoms with Gasteiger partial charge in [0.25, 0.3) is 0 Å². The molecule has 5 heteroatoms. The average Bonchev–Trinajstić information content (AvgIpc) is 2.20. The smallest absolute Gasteiger partial charge is 0.176 e. The van der Waals surface area contributed by atoms with Crippen molar-refractivity contribution in [3.8, 4) is 11.3 Å². The maximum atomic E-state index is 5.58. The van der Waals surface area contributed by atoms with Crippen molar-refractivity contribution < 1.29 is 0 Å². The number of benzene rings is 1. The van der Waals surface area contributed by atoms with Gasteiger partial charge in [0.15, 0.2) is 5.82 Å². The van der Waals surface area contributed by atoms with E-state index in [1.165, 1.54) is 0 Å². The number of rotatable bonds is 1. The number of aromatic nitrogens is 4. The lowest BCUT2D eigenvalue weighted by atomic mass is 10.1. The summed E-state index contributed by atoms with van der Waals surface area (Å²) in [4.78, 5) is 0. The van der Waals surface area contributed by atoms with Crippen LogP contribution in [0, 0.1) is 0 Å². The molecule has 0 bridgehead atoms. The van der Waals surface area contributed by atoms with Crippen LogP contribution in [0.15, 0.2) is 30.3 Å². The molecule has 0 unspecified atom stereocenters. The molecule has 0 saturated heterocycles. The molecule has 1 aromatic carbocycles. The summed E-state index contributed by atoms with van der Waals surface area (Å²) in [5.41, 5.74) is 7.03. The molecule has 2 aromatic rings. The average molecular weight is 173 g/mol. The Morgan fingerprint density at radius 2 is 1.62 bits per heavy atom. The van der Waals surface area contributed by atoms with Crippen LogP contribution < -0.4 is 5.73 Å². The van der Waals surface area contributed by atoms with Crippen LogP contribution >= 0.6 is 0 Å². The van der Waals surface area contributed by atoms with Gasteiger partial charge in [0.2, 0.25) is 0 Å². The van der Waals surface area contributed by atoms with Crippen molar-refractivity contribution in [1.82, 2.24) is 20.6 Å². The number of nitrogen functional groups attached to an aromatic ring is 1. The Bertz CT molecular complexity index is 400. The quantitative estimate of drug-likeness (QED) is 0.680. The zero-order valence-electron chi connectivity index (χ0n) is 6.75. The van der Waals surface area contributed by atoms with Crippen LogP contribution in [0.5, 0.6) is 0 Å². The molecule has 0 aliphatic carbocycles. The standard InChI is InChI=1S/C8H7N5/c9-8-7(10-12-13-11-8)6-4-2-1-3-5-6/h1-5H,(H2,9,11,12). The van der Waals surface area contributed by atoms with Crippen LogP contribution in [0.1, 0.15) is 0 Å². The van der Waals surface area contributed by atoms with Crippen molar-refractivity contribution in [2.24, 2.45) is 0 Å². The maximum Gasteiger partial charge on any atom is 0.176 e. The second-order valence-corrected chi connectivity index (χ2v) is 2.48. The maximum absolute atomic E-state index is 5.58. The van der Waals surface area contributed by atoms with Gasteiger partial charge in [-0.1, -0.05) is 30.3 Å². The summed E-state index contributed by atoms with van der Waals surface area (Å²) >= 11 is 0. The highest BCUT2D eigenvalue weighted by atomic mass is 15.4. The normalized spacial score (nSPS) is 9.85. The molecule has 2 N–H and O–H groups in total. The first kappa shape index (κ1) is 7.60. The second kappa shape index (κ2) is 3.14. The number of anilines is 1. The Balaban J connectivity index is 2.54. The summed E-state index contributed by atoms with van der Waals surface area (Å²) in [7, 11) is 0. The van der Waals surface area contributed by atoms with E-state index >= 15 is 0 Å². The highest BCUT2D eigenvalue weighted by molar-refractivity contribution is 5.68. The Labute approximate surface area is 74.6 Å². The van der Waals surface area contributed by atoms with Gasteiger partial charge < -0.3 is 5.73 Å². The molecule has 1 aromatic heterocycles. The first-order chi connectivity index (χ1) is 6.38. The van der Waals surface area contributed by atoms with Gasteiger partial charge in [-0.15, -0.1) is 10.2 Å². The third-order valence-corrected chi connectivity index (χ3v) is 1.63. The first-order valence-corrected chi connectivity index (χ1v) is 3.75. The molecule has 1 heterocycles. The molecule has 0 saturated carbocycles. The third-order valence-electron chi connectivity index (χ3n) is 1.63. The molecule has 13 heavy (non-hydrogen) atoms. The zero-order valence-corrected chi connectivity index (χ0v) is 6.75. The van der Waals surface area contributed by atoms with E-state index in [-0.39, 0.29) is 0 Å². The van der Waals surface area contributed by atoms with E-state index in [1.54, 1.807) is 0 Å². The Morgan fingerprint density at radius 3 is 2.31 bits per heavy atom. The first-order valence-electron chi connectivity index (χ1n) is 3.75. The molecule has 5 nitrogen and oxygen atoms in total. The lowest BCUT2D eigenvalue weighted by molar-refractivity contribution is 0.774. The van der Waals surface area contributed by atoms with Gasteiger partial charge in [-0.05, 0) is 10.4 Å². The summed E-state index contributed by atoms with van der Waals surface area (Å²) in [6, 6.07) is 9.50.